The number of nitrogens with zero attached hydrogens (tertiary/aromatic N) is 2. The maximum Gasteiger partial charge on any atom is 0.245 e. The molecular formula is C30H35N3O3. The minimum absolute atomic E-state index is 0.0333. The Bertz CT molecular complexity index is 1150. The predicted molar refractivity (Wildman–Crippen MR) is 142 cm³/mol. The third-order valence-electron chi connectivity index (χ3n) is 6.71. The van der Waals surface area contributed by atoms with Crippen molar-refractivity contribution in [3.8, 4) is 11.1 Å². The smallest absolute Gasteiger partial charge is 0.245 e. The Balaban J connectivity index is 1.46. The van der Waals surface area contributed by atoms with Crippen LogP contribution in [0, 0.1) is 0 Å². The van der Waals surface area contributed by atoms with Crippen LogP contribution in [0.15, 0.2) is 78.9 Å². The Morgan fingerprint density at radius 3 is 2.31 bits per heavy atom. The van der Waals surface area contributed by atoms with E-state index in [9.17, 15) is 9.59 Å². The molecule has 0 aromatic heterocycles. The Hall–Kier alpha value is -3.48. The Kier molecular flexibility index (Phi) is 8.87. The largest absolute Gasteiger partial charge is 0.378 e. The van der Waals surface area contributed by atoms with Gasteiger partial charge in [-0.15, -0.1) is 0 Å². The first-order valence-electron chi connectivity index (χ1n) is 12.5. The molecule has 0 bridgehead atoms. The highest BCUT2D eigenvalue weighted by atomic mass is 16.5. The summed E-state index contributed by atoms with van der Waals surface area (Å²) in [4.78, 5) is 30.4. The second-order valence-electron chi connectivity index (χ2n) is 9.23. The van der Waals surface area contributed by atoms with Crippen LogP contribution in [-0.4, -0.2) is 68.1 Å². The summed E-state index contributed by atoms with van der Waals surface area (Å²) in [5.41, 5.74) is 5.44. The van der Waals surface area contributed by atoms with Crippen LogP contribution in [0.3, 0.4) is 0 Å². The van der Waals surface area contributed by atoms with Crippen molar-refractivity contribution in [1.82, 2.24) is 15.1 Å². The van der Waals surface area contributed by atoms with Crippen molar-refractivity contribution in [2.24, 2.45) is 0 Å². The summed E-state index contributed by atoms with van der Waals surface area (Å²) in [6.45, 7) is 2.77. The van der Waals surface area contributed by atoms with Crippen LogP contribution in [0.4, 0.5) is 0 Å². The lowest BCUT2D eigenvalue weighted by Gasteiger charge is -2.38. The molecule has 0 fully saturated rings. The van der Waals surface area contributed by atoms with Crippen LogP contribution in [0.5, 0.6) is 0 Å². The molecule has 1 heterocycles. The summed E-state index contributed by atoms with van der Waals surface area (Å²) in [6.07, 6.45) is 0.788. The lowest BCUT2D eigenvalue weighted by atomic mass is 9.92. The molecule has 1 N–H and O–H groups in total. The first kappa shape index (κ1) is 25.6. The average Bonchev–Trinajstić information content (AvgIpc) is 2.92. The third-order valence-corrected chi connectivity index (χ3v) is 6.71. The summed E-state index contributed by atoms with van der Waals surface area (Å²) >= 11 is 0. The van der Waals surface area contributed by atoms with Crippen molar-refractivity contribution in [3.63, 3.8) is 0 Å². The van der Waals surface area contributed by atoms with Crippen LogP contribution in [-0.2, 0) is 33.7 Å². The average molecular weight is 486 g/mol. The molecule has 0 aliphatic carbocycles. The normalized spacial score (nSPS) is 14.8. The molecule has 0 radical (unpaired) electrons. The molecule has 3 aromatic rings. The molecule has 4 rings (SSSR count). The van der Waals surface area contributed by atoms with Crippen molar-refractivity contribution < 1.29 is 14.3 Å². The highest BCUT2D eigenvalue weighted by molar-refractivity contribution is 5.89. The number of likely N-dealkylation sites (N-methyl/N-ethyl adjacent to an activating group) is 2. The van der Waals surface area contributed by atoms with Crippen molar-refractivity contribution in [1.29, 1.82) is 0 Å². The summed E-state index contributed by atoms with van der Waals surface area (Å²) in [6, 6.07) is 25.9. The van der Waals surface area contributed by atoms with E-state index in [1.165, 1.54) is 0 Å². The standard InChI is InChI=1S/C30H35N3O3/c1-31-16-18-36-19-17-32(2)30(35)28-21-26-10-6-7-11-27(26)22-33(28)29(34)20-23-12-14-25(15-13-23)24-8-4-3-5-9-24/h3-15,28,31H,16-22H2,1-2H3. The van der Waals surface area contributed by atoms with Gasteiger partial charge in [0.1, 0.15) is 6.04 Å². The van der Waals surface area contributed by atoms with Gasteiger partial charge in [-0.3, -0.25) is 9.59 Å². The highest BCUT2D eigenvalue weighted by Gasteiger charge is 2.35. The zero-order valence-corrected chi connectivity index (χ0v) is 21.2. The van der Waals surface area contributed by atoms with Gasteiger partial charge < -0.3 is 19.9 Å². The fraction of sp³-hybridized carbons (Fsp3) is 0.333. The molecule has 0 saturated heterocycles. The van der Waals surface area contributed by atoms with Crippen LogP contribution in [0.25, 0.3) is 11.1 Å². The fourth-order valence-corrected chi connectivity index (χ4v) is 4.57. The number of nitrogens with one attached hydrogen (secondary N) is 1. The maximum absolute atomic E-state index is 13.5. The van der Waals surface area contributed by atoms with E-state index in [1.54, 1.807) is 16.8 Å². The van der Waals surface area contributed by atoms with Gasteiger partial charge in [-0.2, -0.15) is 0 Å². The van der Waals surface area contributed by atoms with Gasteiger partial charge in [0.15, 0.2) is 0 Å². The second-order valence-corrected chi connectivity index (χ2v) is 9.23. The van der Waals surface area contributed by atoms with Crippen LogP contribution in [0.2, 0.25) is 0 Å². The molecule has 3 aromatic carbocycles. The molecule has 188 valence electrons. The Morgan fingerprint density at radius 2 is 1.58 bits per heavy atom. The first-order valence-corrected chi connectivity index (χ1v) is 12.5. The number of carbonyl (C=O) groups excluding carboxylic acids is 2. The molecule has 1 unspecified atom stereocenters. The molecule has 1 aliphatic rings. The van der Waals surface area contributed by atoms with E-state index in [1.807, 2.05) is 67.7 Å². The molecule has 36 heavy (non-hydrogen) atoms. The quantitative estimate of drug-likeness (QED) is 0.446. The van der Waals surface area contributed by atoms with Crippen LogP contribution in [0.1, 0.15) is 16.7 Å². The number of fused-ring (bicyclic) bond motifs is 1. The molecule has 6 nitrogen and oxygen atoms in total. The number of hydrogen-bond donors (Lipinski definition) is 1. The van der Waals surface area contributed by atoms with E-state index in [2.05, 4.69) is 23.5 Å². The number of amides is 2. The lowest BCUT2D eigenvalue weighted by molar-refractivity contribution is -0.146. The Morgan fingerprint density at radius 1 is 0.917 bits per heavy atom. The molecule has 2 amide bonds. The zero-order valence-electron chi connectivity index (χ0n) is 21.2. The van der Waals surface area contributed by atoms with Gasteiger partial charge in [0.25, 0.3) is 0 Å². The Labute approximate surface area is 213 Å². The summed E-state index contributed by atoms with van der Waals surface area (Å²) in [5, 5.41) is 3.04. The molecule has 1 atom stereocenters. The molecule has 6 heteroatoms. The van der Waals surface area contributed by atoms with Crippen molar-refractivity contribution in [3.05, 3.63) is 95.6 Å². The maximum atomic E-state index is 13.5. The first-order chi connectivity index (χ1) is 17.6. The van der Waals surface area contributed by atoms with Gasteiger partial charge in [-0.05, 0) is 34.9 Å². The number of rotatable bonds is 10. The summed E-state index contributed by atoms with van der Waals surface area (Å²) in [7, 11) is 3.67. The van der Waals surface area contributed by atoms with E-state index in [0.29, 0.717) is 32.7 Å². The van der Waals surface area contributed by atoms with Crippen molar-refractivity contribution in [2.75, 3.05) is 40.4 Å². The van der Waals surface area contributed by atoms with Gasteiger partial charge in [-0.25, -0.2) is 0 Å². The highest BCUT2D eigenvalue weighted by Crippen LogP contribution is 2.26. The van der Waals surface area contributed by atoms with Gasteiger partial charge in [0.2, 0.25) is 11.8 Å². The predicted octanol–water partition coefficient (Wildman–Crippen LogP) is 3.54. The fourth-order valence-electron chi connectivity index (χ4n) is 4.57. The van der Waals surface area contributed by atoms with E-state index >= 15 is 0 Å². The zero-order chi connectivity index (χ0) is 25.3. The van der Waals surface area contributed by atoms with E-state index in [4.69, 9.17) is 4.74 Å². The molecule has 0 saturated carbocycles. The minimum Gasteiger partial charge on any atom is -0.378 e. The SMILES string of the molecule is CNCCOCCN(C)C(=O)C1Cc2ccccc2CN1C(=O)Cc1ccc(-c2ccccc2)cc1. The molecule has 1 aliphatic heterocycles. The summed E-state index contributed by atoms with van der Waals surface area (Å²) < 4.78 is 5.60. The van der Waals surface area contributed by atoms with Gasteiger partial charge in [0.05, 0.1) is 19.6 Å². The monoisotopic (exact) mass is 485 g/mol. The number of benzene rings is 3. The number of ether oxygens (including phenoxy) is 1. The van der Waals surface area contributed by atoms with Crippen LogP contribution >= 0.6 is 0 Å². The van der Waals surface area contributed by atoms with E-state index in [0.717, 1.165) is 34.4 Å². The van der Waals surface area contributed by atoms with Crippen molar-refractivity contribution in [2.45, 2.75) is 25.4 Å². The number of hydrogen-bond acceptors (Lipinski definition) is 4. The topological polar surface area (TPSA) is 61.9 Å². The molecule has 0 spiro atoms. The van der Waals surface area contributed by atoms with Gasteiger partial charge in [-0.1, -0.05) is 78.9 Å². The van der Waals surface area contributed by atoms with E-state index in [-0.39, 0.29) is 18.2 Å². The molecular weight excluding hydrogens is 450 g/mol. The lowest BCUT2D eigenvalue weighted by Crippen LogP contribution is -2.53. The van der Waals surface area contributed by atoms with Crippen LogP contribution < -0.4 is 5.32 Å². The van der Waals surface area contributed by atoms with Crippen molar-refractivity contribution >= 4 is 11.8 Å². The second kappa shape index (κ2) is 12.5. The summed E-state index contributed by atoms with van der Waals surface area (Å²) in [5.74, 6) is -0.0801. The van der Waals surface area contributed by atoms with Gasteiger partial charge in [0, 0.05) is 33.1 Å². The van der Waals surface area contributed by atoms with Gasteiger partial charge >= 0.3 is 0 Å². The number of carbonyl (C=O) groups is 2. The van der Waals surface area contributed by atoms with E-state index < -0.39 is 6.04 Å². The minimum atomic E-state index is -0.515. The third kappa shape index (κ3) is 6.39.